The van der Waals surface area contributed by atoms with Crippen molar-refractivity contribution in [1.29, 1.82) is 5.26 Å². The van der Waals surface area contributed by atoms with Crippen LogP contribution in [0.1, 0.15) is 25.8 Å². The van der Waals surface area contributed by atoms with Crippen LogP contribution in [0.3, 0.4) is 0 Å². The van der Waals surface area contributed by atoms with E-state index in [9.17, 15) is 17.6 Å². The molecule has 0 bridgehead atoms. The molecule has 1 unspecified atom stereocenters. The van der Waals surface area contributed by atoms with E-state index in [2.05, 4.69) is 4.72 Å². The fraction of sp³-hybridized carbons (Fsp3) is 0.333. The number of carbonyl (C=O) groups excluding carboxylic acids is 1. The number of hydrogen-bond acceptors (Lipinski definition) is 4. The third kappa shape index (κ3) is 3.59. The highest BCUT2D eigenvalue weighted by Gasteiger charge is 2.21. The molecule has 1 aromatic rings. The summed E-state index contributed by atoms with van der Waals surface area (Å²) in [6, 6.07) is 3.57. The molecule has 0 saturated carbocycles. The van der Waals surface area contributed by atoms with Crippen molar-refractivity contribution in [3.63, 3.8) is 0 Å². The molecule has 7 heteroatoms. The fourth-order valence-corrected chi connectivity index (χ4v) is 2.68. The molecule has 0 aliphatic carbocycles. The highest BCUT2D eigenvalue weighted by Crippen LogP contribution is 2.14. The molecule has 102 valence electrons. The van der Waals surface area contributed by atoms with Crippen molar-refractivity contribution in [2.24, 2.45) is 0 Å². The average Bonchev–Trinajstić information content (AvgIpc) is 2.37. The van der Waals surface area contributed by atoms with Gasteiger partial charge in [-0.3, -0.25) is 4.79 Å². The Morgan fingerprint density at radius 2 is 2.16 bits per heavy atom. The summed E-state index contributed by atoms with van der Waals surface area (Å²) in [5, 5.41) is 8.66. The summed E-state index contributed by atoms with van der Waals surface area (Å²) in [5.41, 5.74) is -0.364. The smallest absolute Gasteiger partial charge is 0.241 e. The number of sulfonamides is 1. The number of nitrogens with one attached hydrogen (secondary N) is 1. The molecule has 1 atom stereocenters. The Bertz CT molecular complexity index is 635. The summed E-state index contributed by atoms with van der Waals surface area (Å²) >= 11 is 0. The molecule has 19 heavy (non-hydrogen) atoms. The first-order chi connectivity index (χ1) is 8.81. The van der Waals surface area contributed by atoms with Crippen LogP contribution < -0.4 is 4.72 Å². The number of carbonyl (C=O) groups is 1. The monoisotopic (exact) mass is 284 g/mol. The van der Waals surface area contributed by atoms with Gasteiger partial charge in [0.1, 0.15) is 17.7 Å². The number of rotatable bonds is 5. The van der Waals surface area contributed by atoms with Crippen LogP contribution in [0.4, 0.5) is 4.39 Å². The number of ketones is 1. The van der Waals surface area contributed by atoms with Gasteiger partial charge in [-0.05, 0) is 25.1 Å². The third-order valence-corrected chi connectivity index (χ3v) is 4.07. The van der Waals surface area contributed by atoms with Gasteiger partial charge in [-0.2, -0.15) is 5.26 Å². The van der Waals surface area contributed by atoms with E-state index in [4.69, 9.17) is 5.26 Å². The zero-order valence-corrected chi connectivity index (χ0v) is 11.3. The lowest BCUT2D eigenvalue weighted by Gasteiger charge is -2.12. The van der Waals surface area contributed by atoms with Gasteiger partial charge >= 0.3 is 0 Å². The zero-order valence-electron chi connectivity index (χ0n) is 10.5. The molecule has 1 N–H and O–H groups in total. The van der Waals surface area contributed by atoms with Crippen LogP contribution >= 0.6 is 0 Å². The molecule has 0 fully saturated rings. The molecule has 0 saturated heterocycles. The SMILES string of the molecule is CCC(=O)C(C)NS(=O)(=O)c1ccc(F)c(C#N)c1. The maximum atomic E-state index is 13.1. The molecule has 0 heterocycles. The van der Waals surface area contributed by atoms with Crippen molar-refractivity contribution in [2.45, 2.75) is 31.2 Å². The van der Waals surface area contributed by atoms with Gasteiger partial charge in [-0.25, -0.2) is 17.5 Å². The van der Waals surface area contributed by atoms with E-state index in [1.54, 1.807) is 13.0 Å². The second-order valence-electron chi connectivity index (χ2n) is 3.92. The molecule has 1 rings (SSSR count). The number of halogens is 1. The van der Waals surface area contributed by atoms with Gasteiger partial charge in [-0.15, -0.1) is 0 Å². The summed E-state index contributed by atoms with van der Waals surface area (Å²) in [6.07, 6.45) is 0.205. The van der Waals surface area contributed by atoms with Crippen LogP contribution in [0.5, 0.6) is 0 Å². The van der Waals surface area contributed by atoms with E-state index in [1.165, 1.54) is 6.92 Å². The average molecular weight is 284 g/mol. The quantitative estimate of drug-likeness (QED) is 0.884. The number of benzene rings is 1. The first kappa shape index (κ1) is 15.3. The van der Waals surface area contributed by atoms with Crippen LogP contribution in [0.2, 0.25) is 0 Å². The highest BCUT2D eigenvalue weighted by atomic mass is 32.2. The molecular formula is C12H13FN2O3S. The highest BCUT2D eigenvalue weighted by molar-refractivity contribution is 7.89. The number of nitriles is 1. The Labute approximate surface area is 111 Å². The van der Waals surface area contributed by atoms with E-state index < -0.39 is 21.9 Å². The minimum Gasteiger partial charge on any atom is -0.298 e. The van der Waals surface area contributed by atoms with Crippen LogP contribution in [0.25, 0.3) is 0 Å². The summed E-state index contributed by atoms with van der Waals surface area (Å²) < 4.78 is 39.2. The molecule has 0 aromatic heterocycles. The van der Waals surface area contributed by atoms with Gasteiger partial charge in [0.15, 0.2) is 0 Å². The first-order valence-corrected chi connectivity index (χ1v) is 7.04. The van der Waals surface area contributed by atoms with Crippen molar-refractivity contribution in [1.82, 2.24) is 4.72 Å². The van der Waals surface area contributed by atoms with Crippen LogP contribution in [-0.4, -0.2) is 20.2 Å². The molecule has 5 nitrogen and oxygen atoms in total. The van der Waals surface area contributed by atoms with E-state index in [-0.39, 0.29) is 22.7 Å². The minimum absolute atomic E-state index is 0.205. The largest absolute Gasteiger partial charge is 0.298 e. The van der Waals surface area contributed by atoms with Gasteiger partial charge in [0, 0.05) is 6.42 Å². The van der Waals surface area contributed by atoms with Crippen molar-refractivity contribution in [3.05, 3.63) is 29.6 Å². The number of nitrogens with zero attached hydrogens (tertiary/aromatic N) is 1. The lowest BCUT2D eigenvalue weighted by molar-refractivity contribution is -0.119. The first-order valence-electron chi connectivity index (χ1n) is 5.56. The predicted octanol–water partition coefficient (Wildman–Crippen LogP) is 1.34. The Hall–Kier alpha value is -1.78. The normalized spacial score (nSPS) is 12.7. The fourth-order valence-electron chi connectivity index (χ4n) is 1.43. The van der Waals surface area contributed by atoms with E-state index in [0.29, 0.717) is 0 Å². The van der Waals surface area contributed by atoms with E-state index >= 15 is 0 Å². The van der Waals surface area contributed by atoms with Gasteiger partial charge in [-0.1, -0.05) is 6.92 Å². The maximum Gasteiger partial charge on any atom is 0.241 e. The molecule has 0 aliphatic rings. The lowest BCUT2D eigenvalue weighted by atomic mass is 10.2. The van der Waals surface area contributed by atoms with E-state index in [1.807, 2.05) is 0 Å². The van der Waals surface area contributed by atoms with Crippen LogP contribution in [-0.2, 0) is 14.8 Å². The van der Waals surface area contributed by atoms with Gasteiger partial charge in [0.05, 0.1) is 16.5 Å². The van der Waals surface area contributed by atoms with E-state index in [0.717, 1.165) is 18.2 Å². The summed E-state index contributed by atoms with van der Waals surface area (Å²) in [6.45, 7) is 3.05. The van der Waals surface area contributed by atoms with Crippen LogP contribution in [0, 0.1) is 17.1 Å². The number of hydrogen-bond donors (Lipinski definition) is 1. The molecule has 0 radical (unpaired) electrons. The Kier molecular flexibility index (Phi) is 4.75. The Morgan fingerprint density at radius 3 is 2.68 bits per heavy atom. The van der Waals surface area contributed by atoms with Crippen molar-refractivity contribution < 1.29 is 17.6 Å². The van der Waals surface area contributed by atoms with Crippen molar-refractivity contribution in [3.8, 4) is 6.07 Å². The molecule has 0 spiro atoms. The summed E-state index contributed by atoms with van der Waals surface area (Å²) in [5.74, 6) is -1.05. The molecule has 0 aliphatic heterocycles. The third-order valence-electron chi connectivity index (χ3n) is 2.53. The summed E-state index contributed by atoms with van der Waals surface area (Å²) in [7, 11) is -3.95. The maximum absolute atomic E-state index is 13.1. The molecular weight excluding hydrogens is 271 g/mol. The van der Waals surface area contributed by atoms with Gasteiger partial charge in [0.2, 0.25) is 10.0 Å². The Balaban J connectivity index is 3.08. The molecule has 1 aromatic carbocycles. The minimum atomic E-state index is -3.95. The second kappa shape index (κ2) is 5.91. The zero-order chi connectivity index (χ0) is 14.6. The molecule has 0 amide bonds. The Morgan fingerprint density at radius 1 is 1.53 bits per heavy atom. The van der Waals surface area contributed by atoms with Crippen LogP contribution in [0.15, 0.2) is 23.1 Å². The second-order valence-corrected chi connectivity index (χ2v) is 5.63. The number of Topliss-reactive ketones (excluding diaryl/α,β-unsaturated/α-hetero) is 1. The van der Waals surface area contributed by atoms with Crippen molar-refractivity contribution >= 4 is 15.8 Å². The lowest BCUT2D eigenvalue weighted by Crippen LogP contribution is -2.38. The standard InChI is InChI=1S/C12H13FN2O3S/c1-3-12(16)8(2)15-19(17,18)10-4-5-11(13)9(6-10)7-14/h4-6,8,15H,3H2,1-2H3. The van der Waals surface area contributed by atoms with Gasteiger partial charge < -0.3 is 0 Å². The van der Waals surface area contributed by atoms with Crippen molar-refractivity contribution in [2.75, 3.05) is 0 Å². The summed E-state index contributed by atoms with van der Waals surface area (Å²) in [4.78, 5) is 11.1. The predicted molar refractivity (Wildman–Crippen MR) is 66.2 cm³/mol. The van der Waals surface area contributed by atoms with Gasteiger partial charge in [0.25, 0.3) is 0 Å². The topological polar surface area (TPSA) is 87.0 Å².